The molecule has 3 heterocycles. The highest BCUT2D eigenvalue weighted by atomic mass is 16.5. The average Bonchev–Trinajstić information content (AvgIpc) is 3.56. The van der Waals surface area contributed by atoms with Crippen LogP contribution in [0.3, 0.4) is 0 Å². The SMILES string of the molecule is Cc1cc(C(=O)CN2C(=O)NC(c3ccccc3)(c3ccccc3)C2=O)c(C)n1CC1CCCO1. The van der Waals surface area contributed by atoms with Crippen LogP contribution in [-0.4, -0.2) is 46.4 Å². The number of amides is 3. The molecule has 2 aliphatic rings. The van der Waals surface area contributed by atoms with E-state index in [9.17, 15) is 14.4 Å². The standard InChI is InChI=1S/C28H29N3O4/c1-19-16-24(20(2)30(19)17-23-14-9-15-35-23)25(32)18-31-26(33)28(29-27(31)34,21-10-5-3-6-11-21)22-12-7-4-8-13-22/h3-8,10-13,16,23H,9,14-15,17-18H2,1-2H3,(H,29,34). The lowest BCUT2D eigenvalue weighted by atomic mass is 9.82. The van der Waals surface area contributed by atoms with Crippen molar-refractivity contribution in [1.82, 2.24) is 14.8 Å². The first-order chi connectivity index (χ1) is 16.9. The lowest BCUT2D eigenvalue weighted by Crippen LogP contribution is -2.45. The molecule has 3 amide bonds. The van der Waals surface area contributed by atoms with Crippen LogP contribution in [0, 0.1) is 13.8 Å². The Morgan fingerprint density at radius 2 is 1.66 bits per heavy atom. The van der Waals surface area contributed by atoms with E-state index in [-0.39, 0.29) is 18.4 Å². The molecule has 0 bridgehead atoms. The van der Waals surface area contributed by atoms with E-state index in [0.29, 0.717) is 23.2 Å². The largest absolute Gasteiger partial charge is 0.376 e. The molecule has 180 valence electrons. The van der Waals surface area contributed by atoms with Crippen molar-refractivity contribution in [3.63, 3.8) is 0 Å². The van der Waals surface area contributed by atoms with Crippen LogP contribution in [0.2, 0.25) is 0 Å². The maximum atomic E-state index is 13.9. The molecular weight excluding hydrogens is 442 g/mol. The molecule has 2 saturated heterocycles. The highest BCUT2D eigenvalue weighted by Crippen LogP contribution is 2.36. The zero-order valence-electron chi connectivity index (χ0n) is 20.0. The van der Waals surface area contributed by atoms with Crippen molar-refractivity contribution in [2.24, 2.45) is 0 Å². The van der Waals surface area contributed by atoms with E-state index < -0.39 is 17.5 Å². The van der Waals surface area contributed by atoms with Gasteiger partial charge >= 0.3 is 6.03 Å². The van der Waals surface area contributed by atoms with Crippen molar-refractivity contribution in [3.05, 3.63) is 94.8 Å². The summed E-state index contributed by atoms with van der Waals surface area (Å²) in [5, 5.41) is 2.90. The van der Waals surface area contributed by atoms with E-state index in [1.807, 2.05) is 80.6 Å². The number of ketones is 1. The Kier molecular flexibility index (Phi) is 6.03. The normalized spacial score (nSPS) is 19.3. The molecule has 1 unspecified atom stereocenters. The van der Waals surface area contributed by atoms with Crippen molar-refractivity contribution in [2.75, 3.05) is 13.2 Å². The second-order valence-electron chi connectivity index (χ2n) is 9.26. The smallest absolute Gasteiger partial charge is 0.325 e. The van der Waals surface area contributed by atoms with Crippen LogP contribution in [0.1, 0.15) is 45.7 Å². The first kappa shape index (κ1) is 23.1. The van der Waals surface area contributed by atoms with Crippen LogP contribution in [0.5, 0.6) is 0 Å². The second-order valence-corrected chi connectivity index (χ2v) is 9.26. The molecule has 1 N–H and O–H groups in total. The highest BCUT2D eigenvalue weighted by Gasteiger charge is 2.54. The van der Waals surface area contributed by atoms with Gasteiger partial charge in [0, 0.05) is 30.1 Å². The molecule has 2 aliphatic heterocycles. The van der Waals surface area contributed by atoms with E-state index in [0.717, 1.165) is 35.7 Å². The number of carbonyl (C=O) groups is 3. The maximum absolute atomic E-state index is 13.9. The molecule has 5 rings (SSSR count). The Morgan fingerprint density at radius 1 is 1.03 bits per heavy atom. The summed E-state index contributed by atoms with van der Waals surface area (Å²) < 4.78 is 7.86. The van der Waals surface area contributed by atoms with Crippen LogP contribution in [0.25, 0.3) is 0 Å². The van der Waals surface area contributed by atoms with Gasteiger partial charge in [0.15, 0.2) is 11.3 Å². The predicted octanol–water partition coefficient (Wildman–Crippen LogP) is 3.96. The Bertz CT molecular complexity index is 1220. The van der Waals surface area contributed by atoms with Gasteiger partial charge < -0.3 is 14.6 Å². The summed E-state index contributed by atoms with van der Waals surface area (Å²) in [6.45, 7) is 5.00. The lowest BCUT2D eigenvalue weighted by molar-refractivity contribution is -0.129. The minimum absolute atomic E-state index is 0.144. The third-order valence-corrected chi connectivity index (χ3v) is 7.11. The third-order valence-electron chi connectivity index (χ3n) is 7.11. The van der Waals surface area contributed by atoms with Crippen LogP contribution in [0.4, 0.5) is 4.79 Å². The molecule has 0 saturated carbocycles. The Labute approximate surface area is 204 Å². The van der Waals surface area contributed by atoms with E-state index in [1.54, 1.807) is 0 Å². The molecule has 7 heteroatoms. The number of aromatic nitrogens is 1. The molecule has 0 radical (unpaired) electrons. The number of urea groups is 1. The van der Waals surface area contributed by atoms with Gasteiger partial charge in [-0.15, -0.1) is 0 Å². The Balaban J connectivity index is 1.44. The first-order valence-electron chi connectivity index (χ1n) is 12.0. The summed E-state index contributed by atoms with van der Waals surface area (Å²) >= 11 is 0. The molecule has 0 spiro atoms. The van der Waals surface area contributed by atoms with Gasteiger partial charge in [-0.05, 0) is 43.9 Å². The topological polar surface area (TPSA) is 80.6 Å². The van der Waals surface area contributed by atoms with Crippen LogP contribution in [0.15, 0.2) is 66.7 Å². The van der Waals surface area contributed by atoms with E-state index in [2.05, 4.69) is 9.88 Å². The molecule has 2 fully saturated rings. The number of ether oxygens (including phenoxy) is 1. The summed E-state index contributed by atoms with van der Waals surface area (Å²) in [7, 11) is 0. The lowest BCUT2D eigenvalue weighted by Gasteiger charge is -2.28. The zero-order valence-corrected chi connectivity index (χ0v) is 20.0. The van der Waals surface area contributed by atoms with Gasteiger partial charge in [-0.2, -0.15) is 0 Å². The number of imide groups is 1. The van der Waals surface area contributed by atoms with Crippen molar-refractivity contribution in [2.45, 2.75) is 44.9 Å². The van der Waals surface area contributed by atoms with Crippen LogP contribution in [-0.2, 0) is 21.6 Å². The Morgan fingerprint density at radius 3 is 2.23 bits per heavy atom. The van der Waals surface area contributed by atoms with Gasteiger partial charge in [0.1, 0.15) is 0 Å². The molecule has 2 aromatic carbocycles. The van der Waals surface area contributed by atoms with Gasteiger partial charge in [0.2, 0.25) is 0 Å². The number of Topliss-reactive ketones (excluding diaryl/α,β-unsaturated/α-hetero) is 1. The fourth-order valence-corrected chi connectivity index (χ4v) is 5.24. The summed E-state index contributed by atoms with van der Waals surface area (Å²) in [5.74, 6) is -0.724. The molecule has 1 aromatic heterocycles. The molecule has 0 aliphatic carbocycles. The third kappa shape index (κ3) is 3.96. The van der Waals surface area contributed by atoms with E-state index in [4.69, 9.17) is 4.74 Å². The molecule has 7 nitrogen and oxygen atoms in total. The van der Waals surface area contributed by atoms with Gasteiger partial charge in [-0.25, -0.2) is 4.79 Å². The number of rotatable bonds is 7. The molecule has 1 atom stereocenters. The van der Waals surface area contributed by atoms with Crippen LogP contribution >= 0.6 is 0 Å². The quantitative estimate of drug-likeness (QED) is 0.418. The second kappa shape index (κ2) is 9.15. The van der Waals surface area contributed by atoms with Crippen molar-refractivity contribution in [3.8, 4) is 0 Å². The maximum Gasteiger partial charge on any atom is 0.325 e. The predicted molar refractivity (Wildman–Crippen MR) is 131 cm³/mol. The fourth-order valence-electron chi connectivity index (χ4n) is 5.24. The number of benzene rings is 2. The summed E-state index contributed by atoms with van der Waals surface area (Å²) in [6, 6.07) is 19.6. The van der Waals surface area contributed by atoms with Gasteiger partial charge in [-0.1, -0.05) is 60.7 Å². The van der Waals surface area contributed by atoms with Crippen molar-refractivity contribution < 1.29 is 19.1 Å². The molecule has 35 heavy (non-hydrogen) atoms. The average molecular weight is 472 g/mol. The van der Waals surface area contributed by atoms with E-state index >= 15 is 0 Å². The van der Waals surface area contributed by atoms with Gasteiger partial charge in [0.25, 0.3) is 5.91 Å². The van der Waals surface area contributed by atoms with Crippen molar-refractivity contribution >= 4 is 17.7 Å². The van der Waals surface area contributed by atoms with Gasteiger partial charge in [0.05, 0.1) is 12.6 Å². The summed E-state index contributed by atoms with van der Waals surface area (Å²) in [5.41, 5.74) is 2.23. The van der Waals surface area contributed by atoms with Crippen LogP contribution < -0.4 is 5.32 Å². The molecular formula is C28H29N3O4. The number of nitrogens with zero attached hydrogens (tertiary/aromatic N) is 2. The first-order valence-corrected chi connectivity index (χ1v) is 12.0. The fraction of sp³-hybridized carbons (Fsp3) is 0.321. The number of hydrogen-bond acceptors (Lipinski definition) is 4. The highest BCUT2D eigenvalue weighted by molar-refractivity contribution is 6.13. The van der Waals surface area contributed by atoms with E-state index in [1.165, 1.54) is 0 Å². The molecule has 3 aromatic rings. The minimum Gasteiger partial charge on any atom is -0.376 e. The summed E-state index contributed by atoms with van der Waals surface area (Å²) in [6.07, 6.45) is 2.20. The number of nitrogens with one attached hydrogen (secondary N) is 1. The van der Waals surface area contributed by atoms with Crippen molar-refractivity contribution in [1.29, 1.82) is 0 Å². The Hall–Kier alpha value is -3.71. The number of carbonyl (C=O) groups excluding carboxylic acids is 3. The monoisotopic (exact) mass is 471 g/mol. The number of aryl methyl sites for hydroxylation is 1. The minimum atomic E-state index is -1.38. The van der Waals surface area contributed by atoms with Gasteiger partial charge in [-0.3, -0.25) is 14.5 Å². The number of hydrogen-bond donors (Lipinski definition) is 1. The summed E-state index contributed by atoms with van der Waals surface area (Å²) in [4.78, 5) is 41.4. The zero-order chi connectivity index (χ0) is 24.6.